The topological polar surface area (TPSA) is 47.3 Å². The van der Waals surface area contributed by atoms with Gasteiger partial charge in [-0.25, -0.2) is 0 Å². The highest BCUT2D eigenvalue weighted by molar-refractivity contribution is 5.27. The Morgan fingerprint density at radius 1 is 1.25 bits per heavy atom. The lowest BCUT2D eigenvalue weighted by Crippen LogP contribution is -2.25. The summed E-state index contributed by atoms with van der Waals surface area (Å²) in [5.74, 6) is 0.911. The van der Waals surface area contributed by atoms with Gasteiger partial charge in [0.1, 0.15) is 5.75 Å². The molecule has 0 aliphatic rings. The lowest BCUT2D eigenvalue weighted by Gasteiger charge is -2.07. The van der Waals surface area contributed by atoms with Crippen molar-refractivity contribution in [2.45, 2.75) is 25.8 Å². The van der Waals surface area contributed by atoms with Gasteiger partial charge in [0, 0.05) is 6.04 Å². The van der Waals surface area contributed by atoms with Gasteiger partial charge >= 0.3 is 0 Å². The molecule has 0 aliphatic carbocycles. The van der Waals surface area contributed by atoms with Crippen LogP contribution >= 0.6 is 0 Å². The predicted molar refractivity (Wildman–Crippen MR) is 67.8 cm³/mol. The predicted octanol–water partition coefficient (Wildman–Crippen LogP) is 1.56. The summed E-state index contributed by atoms with van der Waals surface area (Å²) in [5.41, 5.74) is 6.99. The largest absolute Gasteiger partial charge is 0.497 e. The number of nitrogens with two attached hydrogens (primary N) is 1. The van der Waals surface area contributed by atoms with E-state index < -0.39 is 0 Å². The first-order chi connectivity index (χ1) is 7.72. The van der Waals surface area contributed by atoms with Gasteiger partial charge in [0.25, 0.3) is 0 Å². The standard InChI is InChI=1S/C13H22N2O/c1-11(14)7-9-15-10-8-12-3-5-13(16-2)6-4-12/h3-6,11,15H,7-10,14H2,1-2H3. The van der Waals surface area contributed by atoms with Crippen LogP contribution in [0.5, 0.6) is 5.75 Å². The summed E-state index contributed by atoms with van der Waals surface area (Å²) in [6.45, 7) is 4.03. The molecule has 3 heteroatoms. The average Bonchev–Trinajstić information content (AvgIpc) is 2.29. The molecule has 0 aromatic heterocycles. The molecule has 0 saturated carbocycles. The number of nitrogens with one attached hydrogen (secondary N) is 1. The summed E-state index contributed by atoms with van der Waals surface area (Å²) in [6, 6.07) is 8.49. The molecule has 0 aliphatic heterocycles. The van der Waals surface area contributed by atoms with E-state index in [-0.39, 0.29) is 6.04 Å². The third kappa shape index (κ3) is 5.14. The summed E-state index contributed by atoms with van der Waals surface area (Å²) < 4.78 is 5.11. The van der Waals surface area contributed by atoms with E-state index in [0.717, 1.165) is 31.7 Å². The lowest BCUT2D eigenvalue weighted by atomic mass is 10.1. The van der Waals surface area contributed by atoms with Crippen LogP contribution in [0.4, 0.5) is 0 Å². The van der Waals surface area contributed by atoms with Gasteiger partial charge in [0.2, 0.25) is 0 Å². The number of rotatable bonds is 7. The quantitative estimate of drug-likeness (QED) is 0.688. The van der Waals surface area contributed by atoms with Gasteiger partial charge in [-0.05, 0) is 50.6 Å². The van der Waals surface area contributed by atoms with Crippen molar-refractivity contribution in [2.75, 3.05) is 20.2 Å². The van der Waals surface area contributed by atoms with E-state index in [4.69, 9.17) is 10.5 Å². The Hall–Kier alpha value is -1.06. The minimum atomic E-state index is 0.286. The fraction of sp³-hybridized carbons (Fsp3) is 0.538. The number of methoxy groups -OCH3 is 1. The van der Waals surface area contributed by atoms with Gasteiger partial charge < -0.3 is 15.8 Å². The number of hydrogen-bond donors (Lipinski definition) is 2. The molecule has 0 saturated heterocycles. The van der Waals surface area contributed by atoms with E-state index in [1.807, 2.05) is 19.1 Å². The van der Waals surface area contributed by atoms with E-state index in [0.29, 0.717) is 0 Å². The Labute approximate surface area is 98.0 Å². The summed E-state index contributed by atoms with van der Waals surface area (Å²) in [5, 5.41) is 3.38. The molecular formula is C13H22N2O. The highest BCUT2D eigenvalue weighted by Gasteiger charge is 1.96. The summed E-state index contributed by atoms with van der Waals surface area (Å²) in [7, 11) is 1.69. The van der Waals surface area contributed by atoms with Crippen molar-refractivity contribution in [2.24, 2.45) is 5.73 Å². The molecule has 1 rings (SSSR count). The zero-order chi connectivity index (χ0) is 11.8. The van der Waals surface area contributed by atoms with Gasteiger partial charge in [-0.2, -0.15) is 0 Å². The highest BCUT2D eigenvalue weighted by atomic mass is 16.5. The molecule has 0 amide bonds. The van der Waals surface area contributed by atoms with E-state index in [1.165, 1.54) is 5.56 Å². The Morgan fingerprint density at radius 2 is 1.94 bits per heavy atom. The van der Waals surface area contributed by atoms with Crippen LogP contribution < -0.4 is 15.8 Å². The van der Waals surface area contributed by atoms with Crippen molar-refractivity contribution < 1.29 is 4.74 Å². The van der Waals surface area contributed by atoms with Crippen LogP contribution in [0.3, 0.4) is 0 Å². The molecule has 1 aromatic carbocycles. The Bertz CT molecular complexity index is 282. The molecule has 1 unspecified atom stereocenters. The summed E-state index contributed by atoms with van der Waals surface area (Å²) >= 11 is 0. The molecule has 0 heterocycles. The number of hydrogen-bond acceptors (Lipinski definition) is 3. The third-order valence-electron chi connectivity index (χ3n) is 2.53. The van der Waals surface area contributed by atoms with Crippen LogP contribution in [0.15, 0.2) is 24.3 Å². The maximum atomic E-state index is 5.66. The molecule has 0 bridgehead atoms. The van der Waals surface area contributed by atoms with Crippen molar-refractivity contribution >= 4 is 0 Å². The molecule has 0 radical (unpaired) electrons. The van der Waals surface area contributed by atoms with Crippen LogP contribution in [0, 0.1) is 0 Å². The van der Waals surface area contributed by atoms with E-state index in [9.17, 15) is 0 Å². The Morgan fingerprint density at radius 3 is 2.50 bits per heavy atom. The van der Waals surface area contributed by atoms with Crippen LogP contribution in [0.1, 0.15) is 18.9 Å². The molecule has 1 atom stereocenters. The van der Waals surface area contributed by atoms with E-state index in [1.54, 1.807) is 7.11 Å². The SMILES string of the molecule is COc1ccc(CCNCCC(C)N)cc1. The molecule has 3 N–H and O–H groups in total. The van der Waals surface area contributed by atoms with Gasteiger partial charge in [0.15, 0.2) is 0 Å². The van der Waals surface area contributed by atoms with Crippen molar-refractivity contribution in [3.63, 3.8) is 0 Å². The minimum absolute atomic E-state index is 0.286. The van der Waals surface area contributed by atoms with E-state index in [2.05, 4.69) is 17.4 Å². The van der Waals surface area contributed by atoms with Gasteiger partial charge in [-0.1, -0.05) is 12.1 Å². The molecule has 16 heavy (non-hydrogen) atoms. The molecule has 0 fully saturated rings. The van der Waals surface area contributed by atoms with E-state index >= 15 is 0 Å². The van der Waals surface area contributed by atoms with Crippen LogP contribution in [-0.2, 0) is 6.42 Å². The molecule has 0 spiro atoms. The fourth-order valence-electron chi connectivity index (χ4n) is 1.48. The molecule has 3 nitrogen and oxygen atoms in total. The lowest BCUT2D eigenvalue weighted by molar-refractivity contribution is 0.414. The number of benzene rings is 1. The normalized spacial score (nSPS) is 12.4. The first-order valence-corrected chi connectivity index (χ1v) is 5.81. The van der Waals surface area contributed by atoms with Gasteiger partial charge in [-0.3, -0.25) is 0 Å². The van der Waals surface area contributed by atoms with Crippen LogP contribution in [0.2, 0.25) is 0 Å². The van der Waals surface area contributed by atoms with Crippen molar-refractivity contribution in [1.82, 2.24) is 5.32 Å². The number of ether oxygens (including phenoxy) is 1. The third-order valence-corrected chi connectivity index (χ3v) is 2.53. The van der Waals surface area contributed by atoms with Crippen LogP contribution in [0.25, 0.3) is 0 Å². The monoisotopic (exact) mass is 222 g/mol. The first kappa shape index (κ1) is 13.0. The highest BCUT2D eigenvalue weighted by Crippen LogP contribution is 2.11. The van der Waals surface area contributed by atoms with Crippen LogP contribution in [-0.4, -0.2) is 26.2 Å². The minimum Gasteiger partial charge on any atom is -0.497 e. The zero-order valence-electron chi connectivity index (χ0n) is 10.2. The second-order valence-electron chi connectivity index (χ2n) is 4.11. The summed E-state index contributed by atoms with van der Waals surface area (Å²) in [4.78, 5) is 0. The first-order valence-electron chi connectivity index (χ1n) is 5.81. The smallest absolute Gasteiger partial charge is 0.118 e. The molecular weight excluding hydrogens is 200 g/mol. The maximum Gasteiger partial charge on any atom is 0.118 e. The summed E-state index contributed by atoms with van der Waals surface area (Å²) in [6.07, 6.45) is 2.07. The second-order valence-corrected chi connectivity index (χ2v) is 4.11. The average molecular weight is 222 g/mol. The Balaban J connectivity index is 2.16. The fourth-order valence-corrected chi connectivity index (χ4v) is 1.48. The maximum absolute atomic E-state index is 5.66. The molecule has 1 aromatic rings. The van der Waals surface area contributed by atoms with Gasteiger partial charge in [0.05, 0.1) is 7.11 Å². The zero-order valence-corrected chi connectivity index (χ0v) is 10.2. The van der Waals surface area contributed by atoms with Gasteiger partial charge in [-0.15, -0.1) is 0 Å². The molecule has 90 valence electrons. The second kappa shape index (κ2) is 7.25. The van der Waals surface area contributed by atoms with Crippen molar-refractivity contribution in [3.05, 3.63) is 29.8 Å². The van der Waals surface area contributed by atoms with Crippen molar-refractivity contribution in [1.29, 1.82) is 0 Å². The Kier molecular flexibility index (Phi) is 5.90. The van der Waals surface area contributed by atoms with Crippen molar-refractivity contribution in [3.8, 4) is 5.75 Å².